The molecule has 1 saturated carbocycles. The van der Waals surface area contributed by atoms with Crippen molar-refractivity contribution in [2.24, 2.45) is 11.8 Å². The lowest BCUT2D eigenvalue weighted by molar-refractivity contribution is -0.115. The molecule has 3 unspecified atom stereocenters. The maximum absolute atomic E-state index is 12.0. The van der Waals surface area contributed by atoms with E-state index in [1.54, 1.807) is 7.11 Å². The molecule has 4 heteroatoms. The molecule has 21 heavy (non-hydrogen) atoms. The Bertz CT molecular complexity index is 476. The van der Waals surface area contributed by atoms with Gasteiger partial charge >= 0.3 is 0 Å². The summed E-state index contributed by atoms with van der Waals surface area (Å²) in [6.45, 7) is 4.90. The lowest BCUT2D eigenvalue weighted by Gasteiger charge is -2.20. The van der Waals surface area contributed by atoms with Gasteiger partial charge in [0.05, 0.1) is 13.7 Å². The number of methoxy groups -OCH3 is 1. The largest absolute Gasteiger partial charge is 0.497 e. The molecule has 2 N–H and O–H groups in total. The molecule has 1 aromatic rings. The van der Waals surface area contributed by atoms with Gasteiger partial charge in [0.1, 0.15) is 5.75 Å². The Hall–Kier alpha value is -1.55. The summed E-state index contributed by atoms with van der Waals surface area (Å²) in [7, 11) is 1.62. The van der Waals surface area contributed by atoms with E-state index in [1.807, 2.05) is 24.3 Å². The SMILES string of the molecule is CCC1CCC(NCC(=O)Nc2cccc(OC)c2)C1C. The summed E-state index contributed by atoms with van der Waals surface area (Å²) in [5, 5.41) is 6.30. The smallest absolute Gasteiger partial charge is 0.238 e. The maximum atomic E-state index is 12.0. The minimum atomic E-state index is -0.00426. The highest BCUT2D eigenvalue weighted by molar-refractivity contribution is 5.92. The van der Waals surface area contributed by atoms with E-state index in [-0.39, 0.29) is 5.91 Å². The Balaban J connectivity index is 1.80. The van der Waals surface area contributed by atoms with Gasteiger partial charge in [-0.2, -0.15) is 0 Å². The van der Waals surface area contributed by atoms with Crippen LogP contribution in [0.15, 0.2) is 24.3 Å². The summed E-state index contributed by atoms with van der Waals surface area (Å²) in [6.07, 6.45) is 3.67. The first-order valence-electron chi connectivity index (χ1n) is 7.81. The molecule has 1 fully saturated rings. The number of nitrogens with one attached hydrogen (secondary N) is 2. The van der Waals surface area contributed by atoms with Crippen molar-refractivity contribution in [2.45, 2.75) is 39.2 Å². The van der Waals surface area contributed by atoms with Crippen LogP contribution in [0.2, 0.25) is 0 Å². The van der Waals surface area contributed by atoms with Crippen LogP contribution < -0.4 is 15.4 Å². The van der Waals surface area contributed by atoms with Gasteiger partial charge in [-0.25, -0.2) is 0 Å². The van der Waals surface area contributed by atoms with Gasteiger partial charge < -0.3 is 15.4 Å². The Morgan fingerprint density at radius 2 is 2.19 bits per heavy atom. The first-order valence-corrected chi connectivity index (χ1v) is 7.81. The van der Waals surface area contributed by atoms with Gasteiger partial charge in [-0.1, -0.05) is 26.3 Å². The van der Waals surface area contributed by atoms with Gasteiger partial charge in [0.15, 0.2) is 0 Å². The van der Waals surface area contributed by atoms with E-state index in [4.69, 9.17) is 4.74 Å². The number of hydrogen-bond donors (Lipinski definition) is 2. The number of ether oxygens (including phenoxy) is 1. The van der Waals surface area contributed by atoms with Gasteiger partial charge in [-0.05, 0) is 36.8 Å². The van der Waals surface area contributed by atoms with Crippen LogP contribution in [0.4, 0.5) is 5.69 Å². The normalized spacial score (nSPS) is 24.8. The molecular weight excluding hydrogens is 264 g/mol. The molecule has 4 nitrogen and oxygen atoms in total. The quantitative estimate of drug-likeness (QED) is 0.846. The molecule has 3 atom stereocenters. The summed E-state index contributed by atoms with van der Waals surface area (Å²) in [5.74, 6) is 2.19. The molecule has 0 aliphatic heterocycles. The molecule has 0 aromatic heterocycles. The van der Waals surface area contributed by atoms with Crippen molar-refractivity contribution in [3.63, 3.8) is 0 Å². The van der Waals surface area contributed by atoms with Crippen LogP contribution in [0.25, 0.3) is 0 Å². The van der Waals surface area contributed by atoms with Crippen molar-refractivity contribution in [3.8, 4) is 5.75 Å². The molecule has 0 spiro atoms. The van der Waals surface area contributed by atoms with E-state index in [0.29, 0.717) is 18.5 Å². The molecular formula is C17H26N2O2. The maximum Gasteiger partial charge on any atom is 0.238 e. The first kappa shape index (κ1) is 15.8. The van der Waals surface area contributed by atoms with Gasteiger partial charge in [-0.15, -0.1) is 0 Å². The van der Waals surface area contributed by atoms with Crippen LogP contribution in [0, 0.1) is 11.8 Å². The minimum Gasteiger partial charge on any atom is -0.497 e. The molecule has 1 amide bonds. The Kier molecular flexibility index (Phi) is 5.62. The highest BCUT2D eigenvalue weighted by Gasteiger charge is 2.31. The number of benzene rings is 1. The monoisotopic (exact) mass is 290 g/mol. The summed E-state index contributed by atoms with van der Waals surface area (Å²) in [5.41, 5.74) is 0.770. The first-order chi connectivity index (χ1) is 10.1. The van der Waals surface area contributed by atoms with Crippen molar-refractivity contribution in [3.05, 3.63) is 24.3 Å². The summed E-state index contributed by atoms with van der Waals surface area (Å²) < 4.78 is 5.15. The van der Waals surface area contributed by atoms with Crippen LogP contribution in [-0.2, 0) is 4.79 Å². The standard InChI is InChI=1S/C17H26N2O2/c1-4-13-8-9-16(12(13)2)18-11-17(20)19-14-6-5-7-15(10-14)21-3/h5-7,10,12-13,16,18H,4,8-9,11H2,1-3H3,(H,19,20). The minimum absolute atomic E-state index is 0.00426. The van der Waals surface area contributed by atoms with Crippen LogP contribution in [-0.4, -0.2) is 25.6 Å². The van der Waals surface area contributed by atoms with Crippen molar-refractivity contribution in [1.82, 2.24) is 5.32 Å². The molecule has 1 aliphatic carbocycles. The second-order valence-electron chi connectivity index (χ2n) is 5.87. The van der Waals surface area contributed by atoms with Gasteiger partial charge in [0.2, 0.25) is 5.91 Å². The predicted molar refractivity (Wildman–Crippen MR) is 85.6 cm³/mol. The van der Waals surface area contributed by atoms with Crippen molar-refractivity contribution >= 4 is 11.6 Å². The zero-order valence-electron chi connectivity index (χ0n) is 13.2. The topological polar surface area (TPSA) is 50.4 Å². The second kappa shape index (κ2) is 7.46. The summed E-state index contributed by atoms with van der Waals surface area (Å²) in [4.78, 5) is 12.0. The number of carbonyl (C=O) groups is 1. The third-order valence-electron chi connectivity index (χ3n) is 4.63. The molecule has 0 bridgehead atoms. The Morgan fingerprint density at radius 3 is 2.86 bits per heavy atom. The lowest BCUT2D eigenvalue weighted by atomic mass is 9.93. The highest BCUT2D eigenvalue weighted by Crippen LogP contribution is 2.33. The fourth-order valence-electron chi connectivity index (χ4n) is 3.24. The third-order valence-corrected chi connectivity index (χ3v) is 4.63. The third kappa shape index (κ3) is 4.21. The van der Waals surface area contributed by atoms with Crippen molar-refractivity contribution in [1.29, 1.82) is 0 Å². The number of anilines is 1. The van der Waals surface area contributed by atoms with Crippen LogP contribution in [0.1, 0.15) is 33.1 Å². The van der Waals surface area contributed by atoms with Gasteiger partial charge in [-0.3, -0.25) is 4.79 Å². The lowest BCUT2D eigenvalue weighted by Crippen LogP contribution is -2.38. The van der Waals surface area contributed by atoms with E-state index >= 15 is 0 Å². The van der Waals surface area contributed by atoms with Gasteiger partial charge in [0.25, 0.3) is 0 Å². The van der Waals surface area contributed by atoms with E-state index < -0.39 is 0 Å². The predicted octanol–water partition coefficient (Wildman–Crippen LogP) is 3.05. The van der Waals surface area contributed by atoms with E-state index in [9.17, 15) is 4.79 Å². The van der Waals surface area contributed by atoms with Crippen LogP contribution >= 0.6 is 0 Å². The molecule has 0 heterocycles. The molecule has 0 radical (unpaired) electrons. The number of rotatable bonds is 6. The van der Waals surface area contributed by atoms with Crippen LogP contribution in [0.5, 0.6) is 5.75 Å². The zero-order chi connectivity index (χ0) is 15.2. The molecule has 116 valence electrons. The average Bonchev–Trinajstić information content (AvgIpc) is 2.85. The fourth-order valence-corrected chi connectivity index (χ4v) is 3.24. The molecule has 2 rings (SSSR count). The number of carbonyl (C=O) groups excluding carboxylic acids is 1. The Morgan fingerprint density at radius 1 is 1.38 bits per heavy atom. The van der Waals surface area contributed by atoms with E-state index in [0.717, 1.165) is 17.4 Å². The summed E-state index contributed by atoms with van der Waals surface area (Å²) >= 11 is 0. The van der Waals surface area contributed by atoms with E-state index in [1.165, 1.54) is 19.3 Å². The molecule has 1 aliphatic rings. The highest BCUT2D eigenvalue weighted by atomic mass is 16.5. The summed E-state index contributed by atoms with van der Waals surface area (Å²) in [6, 6.07) is 7.88. The van der Waals surface area contributed by atoms with Crippen molar-refractivity contribution in [2.75, 3.05) is 19.0 Å². The Labute approximate surface area is 127 Å². The number of amides is 1. The fraction of sp³-hybridized carbons (Fsp3) is 0.588. The van der Waals surface area contributed by atoms with Crippen LogP contribution in [0.3, 0.4) is 0 Å². The molecule has 1 aromatic carbocycles. The zero-order valence-corrected chi connectivity index (χ0v) is 13.2. The number of hydrogen-bond acceptors (Lipinski definition) is 3. The van der Waals surface area contributed by atoms with Crippen molar-refractivity contribution < 1.29 is 9.53 Å². The van der Waals surface area contributed by atoms with E-state index in [2.05, 4.69) is 24.5 Å². The average molecular weight is 290 g/mol. The molecule has 0 saturated heterocycles. The van der Waals surface area contributed by atoms with Gasteiger partial charge in [0, 0.05) is 17.8 Å². The second-order valence-corrected chi connectivity index (χ2v) is 5.87.